The highest BCUT2D eigenvalue weighted by molar-refractivity contribution is 6.17. The molecule has 88 valence electrons. The van der Waals surface area contributed by atoms with Crippen molar-refractivity contribution in [3.63, 3.8) is 0 Å². The molecule has 1 aromatic rings. The van der Waals surface area contributed by atoms with Crippen LogP contribution in [0.15, 0.2) is 30.3 Å². The number of ether oxygens (including phenoxy) is 2. The van der Waals surface area contributed by atoms with Crippen LogP contribution in [0.25, 0.3) is 0 Å². The number of Topliss-reactive ketones (excluding diaryl/α,β-unsaturated/α-hetero) is 1. The number of carbonyl (C=O) groups excluding carboxylic acids is 1. The van der Waals surface area contributed by atoms with Gasteiger partial charge in [-0.15, -0.1) is 0 Å². The van der Waals surface area contributed by atoms with Crippen LogP contribution in [-0.2, 0) is 9.47 Å². The molecular formula is C12H15ClO3. The lowest BCUT2D eigenvalue weighted by Crippen LogP contribution is -2.08. The lowest BCUT2D eigenvalue weighted by Gasteiger charge is -2.03. The summed E-state index contributed by atoms with van der Waals surface area (Å²) in [6.45, 7) is 1.34. The molecule has 1 rings (SSSR count). The van der Waals surface area contributed by atoms with Crippen LogP contribution in [0.4, 0.5) is 0 Å². The minimum absolute atomic E-state index is 0.0962. The summed E-state index contributed by atoms with van der Waals surface area (Å²) in [7, 11) is 0. The minimum Gasteiger partial charge on any atom is -0.379 e. The van der Waals surface area contributed by atoms with E-state index in [-0.39, 0.29) is 11.8 Å². The average Bonchev–Trinajstić information content (AvgIpc) is 2.34. The molecule has 0 aliphatic rings. The Hall–Kier alpha value is -0.900. The van der Waals surface area contributed by atoms with E-state index in [9.17, 15) is 4.79 Å². The van der Waals surface area contributed by atoms with Crippen molar-refractivity contribution in [2.45, 2.75) is 6.42 Å². The van der Waals surface area contributed by atoms with Crippen molar-refractivity contribution in [3.8, 4) is 0 Å². The largest absolute Gasteiger partial charge is 0.379 e. The summed E-state index contributed by atoms with van der Waals surface area (Å²) in [4.78, 5) is 11.6. The molecule has 0 unspecified atom stereocenters. The van der Waals surface area contributed by atoms with Crippen LogP contribution in [0.5, 0.6) is 0 Å². The molecule has 0 spiro atoms. The van der Waals surface area contributed by atoms with E-state index in [4.69, 9.17) is 21.1 Å². The highest BCUT2D eigenvalue weighted by atomic mass is 35.5. The number of hydrogen-bond acceptors (Lipinski definition) is 3. The SMILES string of the molecule is O=C(CCOCCOCCl)c1ccccc1. The van der Waals surface area contributed by atoms with Crippen molar-refractivity contribution >= 4 is 17.4 Å². The summed E-state index contributed by atoms with van der Waals surface area (Å²) in [5.74, 6) is 0.0962. The third-order valence-electron chi connectivity index (χ3n) is 2.02. The van der Waals surface area contributed by atoms with E-state index in [1.165, 1.54) is 0 Å². The van der Waals surface area contributed by atoms with Gasteiger partial charge in [0.2, 0.25) is 0 Å². The van der Waals surface area contributed by atoms with Gasteiger partial charge in [0.25, 0.3) is 0 Å². The molecule has 0 N–H and O–H groups in total. The predicted molar refractivity (Wildman–Crippen MR) is 62.9 cm³/mol. The van der Waals surface area contributed by atoms with E-state index in [1.807, 2.05) is 18.2 Å². The van der Waals surface area contributed by atoms with Crippen molar-refractivity contribution in [3.05, 3.63) is 35.9 Å². The maximum atomic E-state index is 11.6. The van der Waals surface area contributed by atoms with Gasteiger partial charge in [0.1, 0.15) is 6.07 Å². The summed E-state index contributed by atoms with van der Waals surface area (Å²) in [6.07, 6.45) is 0.394. The van der Waals surface area contributed by atoms with E-state index < -0.39 is 0 Å². The van der Waals surface area contributed by atoms with Gasteiger partial charge in [0.15, 0.2) is 5.78 Å². The van der Waals surface area contributed by atoms with Gasteiger partial charge in [-0.25, -0.2) is 0 Å². The highest BCUT2D eigenvalue weighted by Gasteiger charge is 2.03. The van der Waals surface area contributed by atoms with Crippen molar-refractivity contribution in [2.24, 2.45) is 0 Å². The lowest BCUT2D eigenvalue weighted by molar-refractivity contribution is 0.0593. The monoisotopic (exact) mass is 242 g/mol. The van der Waals surface area contributed by atoms with Crippen molar-refractivity contribution < 1.29 is 14.3 Å². The molecule has 4 heteroatoms. The Morgan fingerprint density at radius 1 is 1.06 bits per heavy atom. The van der Waals surface area contributed by atoms with E-state index in [1.54, 1.807) is 12.1 Å². The van der Waals surface area contributed by atoms with E-state index in [0.717, 1.165) is 5.56 Å². The molecule has 1 aromatic carbocycles. The van der Waals surface area contributed by atoms with Gasteiger partial charge in [-0.05, 0) is 0 Å². The molecule has 0 radical (unpaired) electrons. The number of hydrogen-bond donors (Lipinski definition) is 0. The molecule has 0 heterocycles. The number of benzene rings is 1. The third kappa shape index (κ3) is 5.26. The van der Waals surface area contributed by atoms with E-state index >= 15 is 0 Å². The summed E-state index contributed by atoms with van der Waals surface area (Å²) < 4.78 is 10.1. The molecule has 0 fully saturated rings. The molecule has 0 saturated carbocycles. The summed E-state index contributed by atoms with van der Waals surface area (Å²) in [5.41, 5.74) is 0.725. The molecule has 0 bridgehead atoms. The standard InChI is InChI=1S/C12H15ClO3/c13-10-16-9-8-15-7-6-12(14)11-4-2-1-3-5-11/h1-5H,6-10H2. The maximum Gasteiger partial charge on any atom is 0.165 e. The van der Waals surface area contributed by atoms with Crippen molar-refractivity contribution in [1.82, 2.24) is 0 Å². The topological polar surface area (TPSA) is 35.5 Å². The normalized spacial score (nSPS) is 10.3. The minimum atomic E-state index is 0.0962. The molecular weight excluding hydrogens is 228 g/mol. The fourth-order valence-corrected chi connectivity index (χ4v) is 1.32. The van der Waals surface area contributed by atoms with Crippen LogP contribution in [-0.4, -0.2) is 31.7 Å². The molecule has 0 atom stereocenters. The van der Waals surface area contributed by atoms with Gasteiger partial charge in [0.05, 0.1) is 19.8 Å². The fourth-order valence-electron chi connectivity index (χ4n) is 1.21. The second-order valence-corrected chi connectivity index (χ2v) is 3.39. The maximum absolute atomic E-state index is 11.6. The number of rotatable bonds is 8. The predicted octanol–water partition coefficient (Wildman–Crippen LogP) is 2.49. The van der Waals surface area contributed by atoms with Gasteiger partial charge in [-0.3, -0.25) is 4.79 Å². The summed E-state index contributed by atoms with van der Waals surface area (Å²) >= 11 is 5.31. The van der Waals surface area contributed by atoms with Crippen LogP contribution < -0.4 is 0 Å². The van der Waals surface area contributed by atoms with Crippen molar-refractivity contribution in [2.75, 3.05) is 25.9 Å². The molecule has 0 saturated heterocycles. The number of carbonyl (C=O) groups is 1. The van der Waals surface area contributed by atoms with Gasteiger partial charge >= 0.3 is 0 Å². The Labute approximate surface area is 100 Å². The molecule has 16 heavy (non-hydrogen) atoms. The number of alkyl halides is 1. The van der Waals surface area contributed by atoms with Crippen LogP contribution in [0, 0.1) is 0 Å². The number of halogens is 1. The van der Waals surface area contributed by atoms with E-state index in [0.29, 0.717) is 26.2 Å². The molecule has 0 aliphatic heterocycles. The zero-order valence-electron chi connectivity index (χ0n) is 9.02. The molecule has 0 amide bonds. The summed E-state index contributed by atoms with van der Waals surface area (Å²) in [6, 6.07) is 9.37. The first-order chi connectivity index (χ1) is 7.84. The Balaban J connectivity index is 2.12. The highest BCUT2D eigenvalue weighted by Crippen LogP contribution is 2.02. The van der Waals surface area contributed by atoms with Gasteiger partial charge < -0.3 is 9.47 Å². The average molecular weight is 243 g/mol. The van der Waals surface area contributed by atoms with Crippen LogP contribution in [0.3, 0.4) is 0 Å². The fraction of sp³-hybridized carbons (Fsp3) is 0.417. The van der Waals surface area contributed by atoms with Crippen molar-refractivity contribution in [1.29, 1.82) is 0 Å². The van der Waals surface area contributed by atoms with Gasteiger partial charge in [0, 0.05) is 12.0 Å². The lowest BCUT2D eigenvalue weighted by atomic mass is 10.1. The quantitative estimate of drug-likeness (QED) is 0.399. The zero-order chi connectivity index (χ0) is 11.6. The Kier molecular flexibility index (Phi) is 6.81. The first kappa shape index (κ1) is 13.2. The smallest absolute Gasteiger partial charge is 0.165 e. The molecule has 0 aliphatic carbocycles. The molecule has 0 aromatic heterocycles. The summed E-state index contributed by atoms with van der Waals surface area (Å²) in [5, 5.41) is 0. The number of ketones is 1. The third-order valence-corrected chi connectivity index (χ3v) is 2.17. The Bertz CT molecular complexity index is 300. The van der Waals surface area contributed by atoms with Gasteiger partial charge in [-0.1, -0.05) is 41.9 Å². The van der Waals surface area contributed by atoms with Crippen LogP contribution in [0.1, 0.15) is 16.8 Å². The molecule has 3 nitrogen and oxygen atoms in total. The van der Waals surface area contributed by atoms with Crippen LogP contribution >= 0.6 is 11.6 Å². The van der Waals surface area contributed by atoms with Gasteiger partial charge in [-0.2, -0.15) is 0 Å². The first-order valence-electron chi connectivity index (χ1n) is 5.14. The Morgan fingerprint density at radius 2 is 1.75 bits per heavy atom. The second kappa shape index (κ2) is 8.28. The first-order valence-corrected chi connectivity index (χ1v) is 5.67. The zero-order valence-corrected chi connectivity index (χ0v) is 9.78. The van der Waals surface area contributed by atoms with E-state index in [2.05, 4.69) is 0 Å². The van der Waals surface area contributed by atoms with Crippen LogP contribution in [0.2, 0.25) is 0 Å². The second-order valence-electron chi connectivity index (χ2n) is 3.17. The Morgan fingerprint density at radius 3 is 2.44 bits per heavy atom.